The van der Waals surface area contributed by atoms with E-state index in [-0.39, 0.29) is 17.7 Å². The van der Waals surface area contributed by atoms with Crippen LogP contribution in [0.15, 0.2) is 24.3 Å². The molecule has 1 aliphatic rings. The second-order valence-electron chi connectivity index (χ2n) is 6.32. The Kier molecular flexibility index (Phi) is 6.02. The number of anilines is 1. The standard InChI is InChI=1S/C18H27N3O2/c1-4-11-19-17(22)15-6-5-12-21(13-15)18(23)14-7-9-16(10-8-14)20(2)3/h7-10,15H,4-6,11-13H2,1-3H3,(H,19,22)/t15-/m0/s1. The summed E-state index contributed by atoms with van der Waals surface area (Å²) in [7, 11) is 3.95. The summed E-state index contributed by atoms with van der Waals surface area (Å²) >= 11 is 0. The van der Waals surface area contributed by atoms with E-state index in [1.165, 1.54) is 0 Å². The van der Waals surface area contributed by atoms with Gasteiger partial charge < -0.3 is 15.1 Å². The van der Waals surface area contributed by atoms with Crippen molar-refractivity contribution in [3.8, 4) is 0 Å². The van der Waals surface area contributed by atoms with E-state index in [0.717, 1.165) is 31.5 Å². The predicted molar refractivity (Wildman–Crippen MR) is 92.7 cm³/mol. The monoisotopic (exact) mass is 317 g/mol. The number of likely N-dealkylation sites (tertiary alicyclic amines) is 1. The van der Waals surface area contributed by atoms with Crippen LogP contribution in [0.25, 0.3) is 0 Å². The lowest BCUT2D eigenvalue weighted by molar-refractivity contribution is -0.126. The minimum Gasteiger partial charge on any atom is -0.378 e. The van der Waals surface area contributed by atoms with E-state index in [9.17, 15) is 9.59 Å². The van der Waals surface area contributed by atoms with Crippen LogP contribution >= 0.6 is 0 Å². The van der Waals surface area contributed by atoms with Crippen molar-refractivity contribution in [3.05, 3.63) is 29.8 Å². The molecule has 1 aromatic carbocycles. The Morgan fingerprint density at radius 3 is 2.57 bits per heavy atom. The lowest BCUT2D eigenvalue weighted by Crippen LogP contribution is -2.45. The lowest BCUT2D eigenvalue weighted by atomic mass is 9.96. The largest absolute Gasteiger partial charge is 0.378 e. The van der Waals surface area contributed by atoms with Gasteiger partial charge in [0.2, 0.25) is 5.91 Å². The number of nitrogens with zero attached hydrogens (tertiary/aromatic N) is 2. The normalized spacial score (nSPS) is 17.7. The van der Waals surface area contributed by atoms with Gasteiger partial charge in [-0.05, 0) is 43.5 Å². The van der Waals surface area contributed by atoms with Gasteiger partial charge in [-0.25, -0.2) is 0 Å². The van der Waals surface area contributed by atoms with E-state index in [2.05, 4.69) is 5.32 Å². The van der Waals surface area contributed by atoms with Gasteiger partial charge in [-0.3, -0.25) is 9.59 Å². The molecular weight excluding hydrogens is 290 g/mol. The number of benzene rings is 1. The molecule has 2 rings (SSSR count). The number of carbonyl (C=O) groups excluding carboxylic acids is 2. The van der Waals surface area contributed by atoms with Crippen LogP contribution in [-0.4, -0.2) is 50.4 Å². The predicted octanol–water partition coefficient (Wildman–Crippen LogP) is 2.13. The maximum absolute atomic E-state index is 12.6. The van der Waals surface area contributed by atoms with Gasteiger partial charge >= 0.3 is 0 Å². The molecule has 0 bridgehead atoms. The highest BCUT2D eigenvalue weighted by Crippen LogP contribution is 2.20. The van der Waals surface area contributed by atoms with E-state index in [1.54, 1.807) is 0 Å². The van der Waals surface area contributed by atoms with Crippen molar-refractivity contribution in [1.29, 1.82) is 0 Å². The van der Waals surface area contributed by atoms with Crippen molar-refractivity contribution in [3.63, 3.8) is 0 Å². The molecule has 126 valence electrons. The Balaban J connectivity index is 2.00. The van der Waals surface area contributed by atoms with Crippen molar-refractivity contribution in [2.45, 2.75) is 26.2 Å². The molecule has 1 aromatic rings. The van der Waals surface area contributed by atoms with E-state index in [0.29, 0.717) is 18.7 Å². The van der Waals surface area contributed by atoms with Crippen LogP contribution in [0.3, 0.4) is 0 Å². The molecule has 1 fully saturated rings. The van der Waals surface area contributed by atoms with Crippen LogP contribution in [0, 0.1) is 5.92 Å². The van der Waals surface area contributed by atoms with Gasteiger partial charge in [0.05, 0.1) is 5.92 Å². The third-order valence-corrected chi connectivity index (χ3v) is 4.26. The molecule has 5 nitrogen and oxygen atoms in total. The summed E-state index contributed by atoms with van der Waals surface area (Å²) in [5.41, 5.74) is 1.75. The van der Waals surface area contributed by atoms with Gasteiger partial charge in [0.1, 0.15) is 0 Å². The minimum absolute atomic E-state index is 0.0169. The van der Waals surface area contributed by atoms with Gasteiger partial charge in [-0.15, -0.1) is 0 Å². The van der Waals surface area contributed by atoms with Crippen molar-refractivity contribution in [2.75, 3.05) is 38.6 Å². The summed E-state index contributed by atoms with van der Waals surface area (Å²) in [6.07, 6.45) is 2.67. The molecule has 1 N–H and O–H groups in total. The van der Waals surface area contributed by atoms with Crippen molar-refractivity contribution >= 4 is 17.5 Å². The molecule has 1 aliphatic heterocycles. The summed E-state index contributed by atoms with van der Waals surface area (Å²) in [6, 6.07) is 7.61. The van der Waals surface area contributed by atoms with Gasteiger partial charge in [0.25, 0.3) is 5.91 Å². The lowest BCUT2D eigenvalue weighted by Gasteiger charge is -2.32. The van der Waals surface area contributed by atoms with Crippen LogP contribution in [0.1, 0.15) is 36.5 Å². The molecular formula is C18H27N3O2. The van der Waals surface area contributed by atoms with Gasteiger partial charge in [0.15, 0.2) is 0 Å². The highest BCUT2D eigenvalue weighted by molar-refractivity contribution is 5.95. The summed E-state index contributed by atoms with van der Waals surface area (Å²) in [4.78, 5) is 28.6. The summed E-state index contributed by atoms with van der Waals surface area (Å²) in [5, 5.41) is 2.94. The number of rotatable bonds is 5. The first-order valence-electron chi connectivity index (χ1n) is 8.37. The molecule has 0 spiro atoms. The molecule has 23 heavy (non-hydrogen) atoms. The molecule has 0 saturated carbocycles. The molecule has 0 aliphatic carbocycles. The molecule has 2 amide bonds. The smallest absolute Gasteiger partial charge is 0.253 e. The second kappa shape index (κ2) is 7.99. The molecule has 0 radical (unpaired) electrons. The first-order chi connectivity index (χ1) is 11.0. The fourth-order valence-corrected chi connectivity index (χ4v) is 2.85. The first kappa shape index (κ1) is 17.3. The third kappa shape index (κ3) is 4.47. The van der Waals surface area contributed by atoms with Crippen LogP contribution in [0.4, 0.5) is 5.69 Å². The van der Waals surface area contributed by atoms with Crippen molar-refractivity contribution in [2.24, 2.45) is 5.92 Å². The van der Waals surface area contributed by atoms with Gasteiger partial charge in [-0.2, -0.15) is 0 Å². The summed E-state index contributed by atoms with van der Waals surface area (Å²) < 4.78 is 0. The molecule has 0 aromatic heterocycles. The first-order valence-corrected chi connectivity index (χ1v) is 8.37. The maximum atomic E-state index is 12.6. The molecule has 1 saturated heterocycles. The number of hydrogen-bond acceptors (Lipinski definition) is 3. The maximum Gasteiger partial charge on any atom is 0.253 e. The SMILES string of the molecule is CCCNC(=O)[C@H]1CCCN(C(=O)c2ccc(N(C)C)cc2)C1. The number of carbonyl (C=O) groups is 2. The van der Waals surface area contributed by atoms with Gasteiger partial charge in [-0.1, -0.05) is 6.92 Å². The van der Waals surface area contributed by atoms with Crippen LogP contribution < -0.4 is 10.2 Å². The Morgan fingerprint density at radius 1 is 1.26 bits per heavy atom. The van der Waals surface area contributed by atoms with E-state index < -0.39 is 0 Å². The fourth-order valence-electron chi connectivity index (χ4n) is 2.85. The van der Waals surface area contributed by atoms with Crippen LogP contribution in [-0.2, 0) is 4.79 Å². The average molecular weight is 317 g/mol. The number of hydrogen-bond donors (Lipinski definition) is 1. The topological polar surface area (TPSA) is 52.7 Å². The zero-order chi connectivity index (χ0) is 16.8. The van der Waals surface area contributed by atoms with Gasteiger partial charge in [0, 0.05) is 45.0 Å². The van der Waals surface area contributed by atoms with Crippen molar-refractivity contribution < 1.29 is 9.59 Å². The summed E-state index contributed by atoms with van der Waals surface area (Å²) in [6.45, 7) is 3.99. The zero-order valence-corrected chi connectivity index (χ0v) is 14.3. The van der Waals surface area contributed by atoms with E-state index >= 15 is 0 Å². The van der Waals surface area contributed by atoms with Crippen molar-refractivity contribution in [1.82, 2.24) is 10.2 Å². The van der Waals surface area contributed by atoms with E-state index in [4.69, 9.17) is 0 Å². The Morgan fingerprint density at radius 2 is 1.96 bits per heavy atom. The van der Waals surface area contributed by atoms with Crippen LogP contribution in [0.2, 0.25) is 0 Å². The third-order valence-electron chi connectivity index (χ3n) is 4.26. The Labute approximate surface area is 138 Å². The zero-order valence-electron chi connectivity index (χ0n) is 14.3. The minimum atomic E-state index is -0.0831. The number of nitrogens with one attached hydrogen (secondary N) is 1. The number of amides is 2. The second-order valence-corrected chi connectivity index (χ2v) is 6.32. The molecule has 1 atom stereocenters. The Bertz CT molecular complexity index is 540. The average Bonchev–Trinajstić information content (AvgIpc) is 2.59. The van der Waals surface area contributed by atoms with E-state index in [1.807, 2.05) is 55.1 Å². The molecule has 1 heterocycles. The molecule has 5 heteroatoms. The quantitative estimate of drug-likeness (QED) is 0.905. The van der Waals surface area contributed by atoms with Crippen LogP contribution in [0.5, 0.6) is 0 Å². The fraction of sp³-hybridized carbons (Fsp3) is 0.556. The highest BCUT2D eigenvalue weighted by Gasteiger charge is 2.28. The molecule has 0 unspecified atom stereocenters. The number of piperidine rings is 1. The Hall–Kier alpha value is -2.04. The highest BCUT2D eigenvalue weighted by atomic mass is 16.2. The summed E-state index contributed by atoms with van der Waals surface area (Å²) in [5.74, 6) is 0.0101.